The van der Waals surface area contributed by atoms with E-state index in [-0.39, 0.29) is 0 Å². The molecule has 0 saturated heterocycles. The molecule has 0 heterocycles. The molecule has 4 unspecified atom stereocenters. The number of hydrogen-bond acceptors (Lipinski definition) is 1. The van der Waals surface area contributed by atoms with Gasteiger partial charge in [-0.1, -0.05) is 41.4 Å². The Morgan fingerprint density at radius 3 is 2.86 bits per heavy atom. The zero-order valence-electron chi connectivity index (χ0n) is 13.2. The largest absolute Gasteiger partial charge is 0.316 e. The summed E-state index contributed by atoms with van der Waals surface area (Å²) in [6.07, 6.45) is 8.65. The van der Waals surface area contributed by atoms with Crippen LogP contribution in [0.4, 0.5) is 0 Å². The first-order chi connectivity index (χ1) is 10.3. The zero-order chi connectivity index (χ0) is 14.7. The van der Waals surface area contributed by atoms with E-state index in [0.717, 1.165) is 30.8 Å². The molecule has 2 fully saturated rings. The van der Waals surface area contributed by atoms with Crippen LogP contribution in [-0.2, 0) is 0 Å². The molecular formula is C19H28BrN. The van der Waals surface area contributed by atoms with Crippen LogP contribution >= 0.6 is 15.9 Å². The van der Waals surface area contributed by atoms with Crippen LogP contribution in [0, 0.1) is 17.8 Å². The molecule has 4 atom stereocenters. The summed E-state index contributed by atoms with van der Waals surface area (Å²) in [4.78, 5) is 0. The number of benzene rings is 1. The molecule has 0 amide bonds. The van der Waals surface area contributed by atoms with Crippen molar-refractivity contribution in [3.63, 3.8) is 0 Å². The summed E-state index contributed by atoms with van der Waals surface area (Å²) in [6.45, 7) is 4.52. The highest BCUT2D eigenvalue weighted by molar-refractivity contribution is 9.10. The van der Waals surface area contributed by atoms with Gasteiger partial charge in [-0.15, -0.1) is 0 Å². The van der Waals surface area contributed by atoms with Crippen LogP contribution < -0.4 is 5.32 Å². The molecule has 2 heteroatoms. The highest BCUT2D eigenvalue weighted by atomic mass is 79.9. The number of hydrogen-bond donors (Lipinski definition) is 1. The fraction of sp³-hybridized carbons (Fsp3) is 0.684. The fourth-order valence-corrected chi connectivity index (χ4v) is 5.00. The van der Waals surface area contributed by atoms with Gasteiger partial charge in [0.2, 0.25) is 0 Å². The van der Waals surface area contributed by atoms with Crippen molar-refractivity contribution >= 4 is 15.9 Å². The molecule has 2 bridgehead atoms. The van der Waals surface area contributed by atoms with Crippen LogP contribution in [0.25, 0.3) is 0 Å². The van der Waals surface area contributed by atoms with Gasteiger partial charge in [0.1, 0.15) is 0 Å². The zero-order valence-corrected chi connectivity index (χ0v) is 14.7. The minimum Gasteiger partial charge on any atom is -0.316 e. The van der Waals surface area contributed by atoms with E-state index in [1.807, 2.05) is 0 Å². The molecule has 116 valence electrons. The lowest BCUT2D eigenvalue weighted by Gasteiger charge is -2.27. The van der Waals surface area contributed by atoms with Gasteiger partial charge >= 0.3 is 0 Å². The van der Waals surface area contributed by atoms with E-state index >= 15 is 0 Å². The predicted octanol–water partition coefficient (Wildman–Crippen LogP) is 5.36. The number of fused-ring (bicyclic) bond motifs is 2. The summed E-state index contributed by atoms with van der Waals surface area (Å²) in [5.74, 6) is 3.76. The Hall–Kier alpha value is -0.340. The van der Waals surface area contributed by atoms with E-state index < -0.39 is 0 Å². The van der Waals surface area contributed by atoms with Gasteiger partial charge in [-0.25, -0.2) is 0 Å². The van der Waals surface area contributed by atoms with Crippen molar-refractivity contribution in [2.24, 2.45) is 17.8 Å². The van der Waals surface area contributed by atoms with Crippen molar-refractivity contribution in [2.45, 2.75) is 51.4 Å². The Morgan fingerprint density at radius 2 is 2.19 bits per heavy atom. The van der Waals surface area contributed by atoms with Crippen molar-refractivity contribution in [3.8, 4) is 0 Å². The molecule has 1 aromatic rings. The second-order valence-corrected chi connectivity index (χ2v) is 8.04. The van der Waals surface area contributed by atoms with Crippen molar-refractivity contribution in [2.75, 3.05) is 13.1 Å². The maximum absolute atomic E-state index is 3.66. The Labute approximate surface area is 138 Å². The number of halogens is 1. The van der Waals surface area contributed by atoms with Gasteiger partial charge in [-0.05, 0) is 80.0 Å². The minimum absolute atomic E-state index is 0.679. The van der Waals surface area contributed by atoms with Crippen LogP contribution in [0.5, 0.6) is 0 Å². The summed E-state index contributed by atoms with van der Waals surface area (Å²) < 4.78 is 1.22. The van der Waals surface area contributed by atoms with Crippen LogP contribution in [0.1, 0.15) is 56.9 Å². The van der Waals surface area contributed by atoms with Gasteiger partial charge in [0.15, 0.2) is 0 Å². The Bertz CT molecular complexity index is 459. The lowest BCUT2D eigenvalue weighted by atomic mass is 9.80. The molecule has 0 spiro atoms. The Balaban J connectivity index is 1.66. The van der Waals surface area contributed by atoms with Gasteiger partial charge in [0.25, 0.3) is 0 Å². The van der Waals surface area contributed by atoms with Crippen molar-refractivity contribution < 1.29 is 0 Å². The molecule has 3 rings (SSSR count). The first-order valence-electron chi connectivity index (χ1n) is 8.72. The average molecular weight is 350 g/mol. The van der Waals surface area contributed by atoms with E-state index in [1.54, 1.807) is 0 Å². The maximum atomic E-state index is 3.66. The topological polar surface area (TPSA) is 12.0 Å². The van der Waals surface area contributed by atoms with Crippen LogP contribution in [0.2, 0.25) is 0 Å². The van der Waals surface area contributed by atoms with E-state index in [2.05, 4.69) is 52.4 Å². The van der Waals surface area contributed by atoms with Gasteiger partial charge < -0.3 is 5.32 Å². The van der Waals surface area contributed by atoms with Crippen molar-refractivity contribution in [3.05, 3.63) is 34.3 Å². The van der Waals surface area contributed by atoms with Gasteiger partial charge in [-0.3, -0.25) is 0 Å². The lowest BCUT2D eigenvalue weighted by molar-refractivity contribution is 0.291. The molecule has 1 nitrogen and oxygen atoms in total. The molecule has 2 aliphatic carbocycles. The van der Waals surface area contributed by atoms with Crippen LogP contribution in [0.15, 0.2) is 28.7 Å². The molecule has 0 radical (unpaired) electrons. The molecule has 0 aromatic heterocycles. The summed E-state index contributed by atoms with van der Waals surface area (Å²) in [5.41, 5.74) is 1.51. The summed E-state index contributed by atoms with van der Waals surface area (Å²) in [7, 11) is 0. The molecule has 1 N–H and O–H groups in total. The van der Waals surface area contributed by atoms with Crippen molar-refractivity contribution in [1.82, 2.24) is 5.32 Å². The van der Waals surface area contributed by atoms with Gasteiger partial charge in [0, 0.05) is 11.0 Å². The summed E-state index contributed by atoms with van der Waals surface area (Å²) >= 11 is 3.64. The third-order valence-corrected chi connectivity index (χ3v) is 6.10. The molecule has 2 saturated carbocycles. The third-order valence-electron chi connectivity index (χ3n) is 5.61. The number of rotatable bonds is 7. The second kappa shape index (κ2) is 7.28. The smallest absolute Gasteiger partial charge is 0.0178 e. The average Bonchev–Trinajstić information content (AvgIpc) is 3.09. The summed E-state index contributed by atoms with van der Waals surface area (Å²) in [5, 5.41) is 3.66. The highest BCUT2D eigenvalue weighted by Crippen LogP contribution is 2.51. The lowest BCUT2D eigenvalue weighted by Crippen LogP contribution is -2.25. The second-order valence-electron chi connectivity index (χ2n) is 7.13. The molecule has 21 heavy (non-hydrogen) atoms. The highest BCUT2D eigenvalue weighted by Gasteiger charge is 2.40. The molecule has 2 aliphatic rings. The van der Waals surface area contributed by atoms with E-state index in [4.69, 9.17) is 0 Å². The van der Waals surface area contributed by atoms with E-state index in [0.29, 0.717) is 5.92 Å². The monoisotopic (exact) mass is 349 g/mol. The minimum atomic E-state index is 0.679. The fourth-order valence-electron chi connectivity index (χ4n) is 4.58. The molecular weight excluding hydrogens is 322 g/mol. The normalized spacial score (nSPS) is 29.0. The first-order valence-corrected chi connectivity index (χ1v) is 9.51. The summed E-state index contributed by atoms with van der Waals surface area (Å²) in [6, 6.07) is 8.96. The van der Waals surface area contributed by atoms with E-state index in [9.17, 15) is 0 Å². The SMILES string of the molecule is CCCNCC(CC1CC2CCC1C2)c1cccc(Br)c1. The Kier molecular flexibility index (Phi) is 5.39. The first kappa shape index (κ1) is 15.6. The standard InChI is InChI=1S/C19H28BrN/c1-2-8-21-13-18(15-4-3-5-19(20)12-15)11-17-10-14-6-7-16(17)9-14/h3-5,12,14,16-18,21H,2,6-11,13H2,1H3. The van der Waals surface area contributed by atoms with Crippen LogP contribution in [0.3, 0.4) is 0 Å². The Morgan fingerprint density at radius 1 is 1.29 bits per heavy atom. The molecule has 1 aromatic carbocycles. The third kappa shape index (κ3) is 3.90. The van der Waals surface area contributed by atoms with Crippen molar-refractivity contribution in [1.29, 1.82) is 0 Å². The predicted molar refractivity (Wildman–Crippen MR) is 93.6 cm³/mol. The maximum Gasteiger partial charge on any atom is 0.0178 e. The molecule has 0 aliphatic heterocycles. The van der Waals surface area contributed by atoms with Gasteiger partial charge in [-0.2, -0.15) is 0 Å². The number of nitrogens with one attached hydrogen (secondary N) is 1. The van der Waals surface area contributed by atoms with Gasteiger partial charge in [0.05, 0.1) is 0 Å². The van der Waals surface area contributed by atoms with Crippen LogP contribution in [-0.4, -0.2) is 13.1 Å². The van der Waals surface area contributed by atoms with E-state index in [1.165, 1.54) is 48.6 Å². The quantitative estimate of drug-likeness (QED) is 0.653.